The number of rotatable bonds is 26. The van der Waals surface area contributed by atoms with E-state index in [1.807, 2.05) is 0 Å². The molecule has 0 bridgehead atoms. The number of aliphatic carboxylic acids is 2. The second-order valence-electron chi connectivity index (χ2n) is 10.00. The van der Waals surface area contributed by atoms with Crippen LogP contribution in [0.5, 0.6) is 0 Å². The molecule has 0 aliphatic carbocycles. The zero-order chi connectivity index (χ0) is 27.0. The van der Waals surface area contributed by atoms with Gasteiger partial charge in [-0.3, -0.25) is 0 Å². The maximum atomic E-state index is 10.2. The third-order valence-corrected chi connectivity index (χ3v) is 6.29. The van der Waals surface area contributed by atoms with Gasteiger partial charge >= 0.3 is 27.3 Å². The molecular weight excluding hydrogens is 656 g/mol. The van der Waals surface area contributed by atoms with E-state index in [1.165, 1.54) is 103 Å². The molecule has 0 rings (SSSR count). The summed E-state index contributed by atoms with van der Waals surface area (Å²) in [5.74, 6) is -1.83. The Hall–Kier alpha value is -0.658. The van der Waals surface area contributed by atoms with Crippen LogP contribution in [0, 0.1) is 0 Å². The number of allylic oxidation sites excluding steroid dienone is 4. The summed E-state index contributed by atoms with van der Waals surface area (Å²) in [6.07, 6.45) is 36.0. The summed E-state index contributed by atoms with van der Waals surface area (Å²) in [5.41, 5.74) is 0. The summed E-state index contributed by atoms with van der Waals surface area (Å²) >= 11 is 0. The molecule has 0 spiro atoms. The number of hydrogen-bond acceptors (Lipinski definition) is 4. The zero-order valence-corrected chi connectivity index (χ0v) is 28.3. The van der Waals surface area contributed by atoms with Crippen LogP contribution in [0.3, 0.4) is 0 Å². The van der Waals surface area contributed by atoms with Crippen molar-refractivity contribution in [2.45, 2.75) is 168 Å². The van der Waals surface area contributed by atoms with Crippen LogP contribution in [0.1, 0.15) is 168 Å². The average Bonchev–Trinajstić information content (AvgIpc) is 2.85. The quantitative estimate of drug-likeness (QED) is 0.0526. The number of unbranched alkanes of at least 4 members (excludes halogenated alkanes) is 18. The van der Waals surface area contributed by atoms with E-state index in [-0.39, 0.29) is 40.1 Å². The number of carbonyl (C=O) groups excluding carboxylic acids is 2. The van der Waals surface area contributed by atoms with Crippen molar-refractivity contribution in [3.05, 3.63) is 24.3 Å². The first-order chi connectivity index (χ1) is 17.5. The van der Waals surface area contributed by atoms with E-state index in [0.29, 0.717) is 0 Å². The fourth-order valence-electron chi connectivity index (χ4n) is 3.97. The molecule has 0 aromatic heterocycles. The van der Waals surface area contributed by atoms with Crippen LogP contribution in [0.4, 0.5) is 0 Å². The first-order valence-electron chi connectivity index (χ1n) is 15.2. The van der Waals surface area contributed by atoms with E-state index < -0.39 is 11.9 Å². The van der Waals surface area contributed by atoms with E-state index in [0.717, 1.165) is 38.5 Å². The van der Waals surface area contributed by atoms with Crippen molar-refractivity contribution in [1.29, 1.82) is 0 Å². The Balaban J connectivity index is -0.000000608. The number of carboxylic acids is 2. The second-order valence-corrected chi connectivity index (χ2v) is 10.00. The Labute approximate surface area is 250 Å². The van der Waals surface area contributed by atoms with Gasteiger partial charge in [-0.15, -0.1) is 0 Å². The summed E-state index contributed by atoms with van der Waals surface area (Å²) in [6.45, 7) is 4.48. The van der Waals surface area contributed by atoms with Gasteiger partial charge in [-0.1, -0.05) is 115 Å². The first kappa shape index (κ1) is 40.8. The fourth-order valence-corrected chi connectivity index (χ4v) is 3.97. The van der Waals surface area contributed by atoms with Gasteiger partial charge in [-0.2, -0.15) is 0 Å². The van der Waals surface area contributed by atoms with Crippen LogP contribution < -0.4 is 10.2 Å². The van der Waals surface area contributed by atoms with Crippen molar-refractivity contribution in [2.75, 3.05) is 0 Å². The SMILES string of the molecule is CCCCCC/C=C\CCCCCCCC(=O)[O-].CCCCCC/C=C\CCCCCCCC(=O)[O-].[Pb+2]. The molecule has 0 fully saturated rings. The van der Waals surface area contributed by atoms with Crippen LogP contribution >= 0.6 is 0 Å². The van der Waals surface area contributed by atoms with E-state index >= 15 is 0 Å². The van der Waals surface area contributed by atoms with E-state index in [9.17, 15) is 19.8 Å². The summed E-state index contributed by atoms with van der Waals surface area (Å²) in [5, 5.41) is 20.4. The summed E-state index contributed by atoms with van der Waals surface area (Å²) < 4.78 is 0. The summed E-state index contributed by atoms with van der Waals surface area (Å²) in [7, 11) is 0. The van der Waals surface area contributed by atoms with Crippen LogP contribution in [0.15, 0.2) is 24.3 Å². The Morgan fingerprint density at radius 3 is 0.946 bits per heavy atom. The largest absolute Gasteiger partial charge is 2.00 e. The standard InChI is InChI=1S/2C16H30O2.Pb/c2*1-2-3-4-5-6-7-8-9-10-11-12-13-14-15-16(17)18;/h2*7-8H,2-6,9-15H2,1H3,(H,17,18);/q;;+2/p-2/b2*8-7-;. The van der Waals surface area contributed by atoms with Crippen LogP contribution in [0.2, 0.25) is 0 Å². The van der Waals surface area contributed by atoms with Crippen molar-refractivity contribution in [1.82, 2.24) is 0 Å². The van der Waals surface area contributed by atoms with Gasteiger partial charge in [0.2, 0.25) is 0 Å². The van der Waals surface area contributed by atoms with Gasteiger partial charge in [0.1, 0.15) is 0 Å². The molecule has 0 aromatic rings. The molecule has 0 aliphatic heterocycles. The van der Waals surface area contributed by atoms with Crippen LogP contribution in [-0.2, 0) is 9.59 Å². The Morgan fingerprint density at radius 1 is 0.432 bits per heavy atom. The van der Waals surface area contributed by atoms with Gasteiger partial charge in [0, 0.05) is 11.9 Å². The van der Waals surface area contributed by atoms with Gasteiger partial charge in [-0.25, -0.2) is 0 Å². The smallest absolute Gasteiger partial charge is 0.550 e. The number of carbonyl (C=O) groups is 2. The van der Waals surface area contributed by atoms with Crippen molar-refractivity contribution in [3.63, 3.8) is 0 Å². The molecule has 0 saturated heterocycles. The van der Waals surface area contributed by atoms with Gasteiger partial charge in [0.25, 0.3) is 0 Å². The molecule has 0 atom stereocenters. The molecule has 0 aliphatic rings. The molecule has 214 valence electrons. The molecule has 37 heavy (non-hydrogen) atoms. The summed E-state index contributed by atoms with van der Waals surface area (Å²) in [6, 6.07) is 0. The van der Waals surface area contributed by atoms with Crippen molar-refractivity contribution >= 4 is 39.2 Å². The maximum Gasteiger partial charge on any atom is 2.00 e. The van der Waals surface area contributed by atoms with Crippen molar-refractivity contribution in [2.24, 2.45) is 0 Å². The summed E-state index contributed by atoms with van der Waals surface area (Å²) in [4.78, 5) is 20.4. The predicted octanol–water partition coefficient (Wildman–Crippen LogP) is 7.61. The Bertz CT molecular complexity index is 471. The molecule has 0 saturated carbocycles. The molecule has 2 radical (unpaired) electrons. The van der Waals surface area contributed by atoms with Gasteiger partial charge in [-0.05, 0) is 77.0 Å². The normalized spacial score (nSPS) is 10.9. The molecule has 0 aromatic carbocycles. The number of carboxylic acid groups (broad SMARTS) is 2. The minimum Gasteiger partial charge on any atom is -0.550 e. The topological polar surface area (TPSA) is 80.3 Å². The molecule has 0 unspecified atom stereocenters. The third-order valence-electron chi connectivity index (χ3n) is 6.29. The minimum atomic E-state index is -0.916. The predicted molar refractivity (Wildman–Crippen MR) is 156 cm³/mol. The molecule has 0 N–H and O–H groups in total. The van der Waals surface area contributed by atoms with E-state index in [4.69, 9.17) is 0 Å². The number of hydrogen-bond donors (Lipinski definition) is 0. The zero-order valence-electron chi connectivity index (χ0n) is 24.4. The first-order valence-corrected chi connectivity index (χ1v) is 15.2. The third kappa shape index (κ3) is 45.6. The molecule has 0 amide bonds. The Kier molecular flexibility index (Phi) is 41.4. The van der Waals surface area contributed by atoms with Crippen molar-refractivity contribution < 1.29 is 19.8 Å². The monoisotopic (exact) mass is 714 g/mol. The van der Waals surface area contributed by atoms with Gasteiger partial charge < -0.3 is 19.8 Å². The fraction of sp³-hybridized carbons (Fsp3) is 0.812. The van der Waals surface area contributed by atoms with E-state index in [1.54, 1.807) is 0 Å². The molecular formula is C32H58O4Pb. The minimum absolute atomic E-state index is 0. The molecule has 0 heterocycles. The molecule has 5 heteroatoms. The van der Waals surface area contributed by atoms with Gasteiger partial charge in [0.05, 0.1) is 0 Å². The second kappa shape index (κ2) is 37.5. The van der Waals surface area contributed by atoms with Crippen molar-refractivity contribution in [3.8, 4) is 0 Å². The molecule has 4 nitrogen and oxygen atoms in total. The average molecular weight is 714 g/mol. The van der Waals surface area contributed by atoms with E-state index in [2.05, 4.69) is 38.2 Å². The van der Waals surface area contributed by atoms with Crippen LogP contribution in [-0.4, -0.2) is 39.2 Å². The maximum absolute atomic E-state index is 10.2. The van der Waals surface area contributed by atoms with Gasteiger partial charge in [0.15, 0.2) is 0 Å². The van der Waals surface area contributed by atoms with Crippen LogP contribution in [0.25, 0.3) is 0 Å². The Morgan fingerprint density at radius 2 is 0.676 bits per heavy atom.